The Hall–Kier alpha value is -3.10. The molecule has 2 amide bonds. The second-order valence-corrected chi connectivity index (χ2v) is 6.39. The van der Waals surface area contributed by atoms with Gasteiger partial charge in [0.05, 0.1) is 16.9 Å². The molecule has 0 bridgehead atoms. The number of hydrogen-bond acceptors (Lipinski definition) is 4. The zero-order valence-electron chi connectivity index (χ0n) is 15.1. The fourth-order valence-electron chi connectivity index (χ4n) is 3.03. The molecular weight excluding hydrogens is 373 g/mol. The number of carbonyl (C=O) groups is 2. The Morgan fingerprint density at radius 2 is 2.00 bits per heavy atom. The number of aromatic nitrogens is 1. The molecule has 1 aromatic heterocycles. The molecule has 2 aromatic rings. The highest BCUT2D eigenvalue weighted by atomic mass is 19.4. The van der Waals surface area contributed by atoms with Gasteiger partial charge in [0, 0.05) is 6.20 Å². The van der Waals surface area contributed by atoms with Gasteiger partial charge in [-0.05, 0) is 30.7 Å². The number of alkyl halides is 3. The van der Waals surface area contributed by atoms with Crippen LogP contribution < -0.4 is 15.5 Å². The van der Waals surface area contributed by atoms with Crippen molar-refractivity contribution in [2.45, 2.75) is 32.0 Å². The Labute approximate surface area is 159 Å². The highest BCUT2D eigenvalue weighted by Crippen LogP contribution is 2.34. The minimum Gasteiger partial charge on any atom is -0.361 e. The molecule has 2 heterocycles. The molecule has 1 aliphatic rings. The monoisotopic (exact) mass is 392 g/mol. The third-order valence-electron chi connectivity index (χ3n) is 4.30. The first-order valence-electron chi connectivity index (χ1n) is 8.80. The van der Waals surface area contributed by atoms with Crippen LogP contribution in [0.25, 0.3) is 0 Å². The lowest BCUT2D eigenvalue weighted by Crippen LogP contribution is -2.51. The fourth-order valence-corrected chi connectivity index (χ4v) is 3.03. The molecular formula is C19H19F3N4O2. The molecule has 1 unspecified atom stereocenters. The second-order valence-electron chi connectivity index (χ2n) is 6.39. The maximum atomic E-state index is 13.1. The van der Waals surface area contributed by atoms with E-state index in [0.717, 1.165) is 0 Å². The molecule has 148 valence electrons. The summed E-state index contributed by atoms with van der Waals surface area (Å²) in [4.78, 5) is 30.9. The average molecular weight is 392 g/mol. The van der Waals surface area contributed by atoms with E-state index in [4.69, 9.17) is 0 Å². The zero-order valence-corrected chi connectivity index (χ0v) is 15.1. The van der Waals surface area contributed by atoms with E-state index in [9.17, 15) is 22.8 Å². The van der Waals surface area contributed by atoms with Gasteiger partial charge in [-0.15, -0.1) is 0 Å². The molecule has 0 saturated heterocycles. The predicted molar refractivity (Wildman–Crippen MR) is 99.4 cm³/mol. The van der Waals surface area contributed by atoms with Crippen LogP contribution in [0.1, 0.15) is 30.1 Å². The largest absolute Gasteiger partial charge is 0.405 e. The van der Waals surface area contributed by atoms with Crippen molar-refractivity contribution in [3.05, 3.63) is 48.2 Å². The summed E-state index contributed by atoms with van der Waals surface area (Å²) in [6.07, 6.45) is -1.99. The summed E-state index contributed by atoms with van der Waals surface area (Å²) < 4.78 is 36.9. The van der Waals surface area contributed by atoms with Gasteiger partial charge >= 0.3 is 6.18 Å². The van der Waals surface area contributed by atoms with Crippen LogP contribution in [0.4, 0.5) is 30.4 Å². The van der Waals surface area contributed by atoms with Crippen molar-refractivity contribution in [3.63, 3.8) is 0 Å². The number of anilines is 3. The summed E-state index contributed by atoms with van der Waals surface area (Å²) >= 11 is 0. The third kappa shape index (κ3) is 4.24. The molecule has 1 aliphatic heterocycles. The molecule has 0 aliphatic carbocycles. The van der Waals surface area contributed by atoms with Crippen molar-refractivity contribution in [2.24, 2.45) is 0 Å². The number of halogens is 3. The molecule has 3 rings (SSSR count). The van der Waals surface area contributed by atoms with E-state index in [1.807, 2.05) is 6.92 Å². The molecule has 2 N–H and O–H groups in total. The summed E-state index contributed by atoms with van der Waals surface area (Å²) in [5.74, 6) is -0.697. The Balaban J connectivity index is 1.87. The molecule has 0 saturated carbocycles. The SMILES string of the molecule is CCCC1C(=O)Nc2ccccc2N1C(=O)c1ccc(NCC(F)(F)F)nc1. The van der Waals surface area contributed by atoms with Crippen molar-refractivity contribution in [1.29, 1.82) is 0 Å². The van der Waals surface area contributed by atoms with Gasteiger partial charge in [0.25, 0.3) is 5.91 Å². The number of para-hydroxylation sites is 2. The normalized spacial score (nSPS) is 16.4. The number of rotatable bonds is 5. The van der Waals surface area contributed by atoms with Crippen molar-refractivity contribution >= 4 is 29.0 Å². The lowest BCUT2D eigenvalue weighted by atomic mass is 10.0. The lowest BCUT2D eigenvalue weighted by molar-refractivity contribution is -0.118. The smallest absolute Gasteiger partial charge is 0.361 e. The van der Waals surface area contributed by atoms with Gasteiger partial charge in [-0.2, -0.15) is 13.2 Å². The summed E-state index contributed by atoms with van der Waals surface area (Å²) in [5.41, 5.74) is 1.29. The van der Waals surface area contributed by atoms with Crippen LogP contribution in [0.5, 0.6) is 0 Å². The predicted octanol–water partition coefficient (Wildman–Crippen LogP) is 3.82. The molecule has 28 heavy (non-hydrogen) atoms. The Kier molecular flexibility index (Phi) is 5.53. The van der Waals surface area contributed by atoms with Crippen LogP contribution >= 0.6 is 0 Å². The van der Waals surface area contributed by atoms with Crippen molar-refractivity contribution in [2.75, 3.05) is 22.1 Å². The van der Waals surface area contributed by atoms with Crippen molar-refractivity contribution in [3.8, 4) is 0 Å². The molecule has 1 atom stereocenters. The summed E-state index contributed by atoms with van der Waals surface area (Å²) in [5, 5.41) is 4.96. The van der Waals surface area contributed by atoms with Crippen molar-refractivity contribution < 1.29 is 22.8 Å². The van der Waals surface area contributed by atoms with E-state index in [1.165, 1.54) is 23.2 Å². The summed E-state index contributed by atoms with van der Waals surface area (Å²) in [6, 6.07) is 9.00. The quantitative estimate of drug-likeness (QED) is 0.811. The molecule has 0 spiro atoms. The highest BCUT2D eigenvalue weighted by Gasteiger charge is 2.36. The third-order valence-corrected chi connectivity index (χ3v) is 4.30. The summed E-state index contributed by atoms with van der Waals surface area (Å²) in [6.45, 7) is 0.699. The molecule has 9 heteroatoms. The minimum absolute atomic E-state index is 0.00997. The first-order valence-corrected chi connectivity index (χ1v) is 8.80. The minimum atomic E-state index is -4.37. The Morgan fingerprint density at radius 1 is 1.25 bits per heavy atom. The van der Waals surface area contributed by atoms with E-state index in [-0.39, 0.29) is 17.3 Å². The lowest BCUT2D eigenvalue weighted by Gasteiger charge is -2.36. The van der Waals surface area contributed by atoms with Gasteiger partial charge in [0.1, 0.15) is 18.4 Å². The number of nitrogens with one attached hydrogen (secondary N) is 2. The number of fused-ring (bicyclic) bond motifs is 1. The average Bonchev–Trinajstić information content (AvgIpc) is 2.66. The number of pyridine rings is 1. The Bertz CT molecular complexity index is 868. The molecule has 0 radical (unpaired) electrons. The van der Waals surface area contributed by atoms with Gasteiger partial charge in [0.2, 0.25) is 5.91 Å². The van der Waals surface area contributed by atoms with Crippen LogP contribution in [0.3, 0.4) is 0 Å². The van der Waals surface area contributed by atoms with Gasteiger partial charge < -0.3 is 10.6 Å². The number of benzene rings is 1. The van der Waals surface area contributed by atoms with Gasteiger partial charge in [-0.1, -0.05) is 25.5 Å². The standard InChI is InChI=1S/C19H19F3N4O2/c1-2-5-15-17(27)25-13-6-3-4-7-14(13)26(15)18(28)12-8-9-16(23-10-12)24-11-19(20,21)22/h3-4,6-10,15H,2,5,11H2,1H3,(H,23,24)(H,25,27). The molecule has 6 nitrogen and oxygen atoms in total. The zero-order chi connectivity index (χ0) is 20.3. The van der Waals surface area contributed by atoms with E-state index < -0.39 is 24.7 Å². The first-order chi connectivity index (χ1) is 13.3. The maximum absolute atomic E-state index is 13.1. The second kappa shape index (κ2) is 7.87. The van der Waals surface area contributed by atoms with E-state index in [0.29, 0.717) is 24.2 Å². The van der Waals surface area contributed by atoms with E-state index in [1.54, 1.807) is 24.3 Å². The Morgan fingerprint density at radius 3 is 2.64 bits per heavy atom. The number of carbonyl (C=O) groups excluding carboxylic acids is 2. The van der Waals surface area contributed by atoms with Gasteiger partial charge in [-0.3, -0.25) is 14.5 Å². The van der Waals surface area contributed by atoms with Gasteiger partial charge in [-0.25, -0.2) is 4.98 Å². The van der Waals surface area contributed by atoms with Gasteiger partial charge in [0.15, 0.2) is 0 Å². The van der Waals surface area contributed by atoms with Crippen LogP contribution in [0.15, 0.2) is 42.6 Å². The van der Waals surface area contributed by atoms with Crippen LogP contribution in [-0.2, 0) is 4.79 Å². The van der Waals surface area contributed by atoms with Crippen LogP contribution in [0.2, 0.25) is 0 Å². The topological polar surface area (TPSA) is 74.3 Å². The fraction of sp³-hybridized carbons (Fsp3) is 0.316. The highest BCUT2D eigenvalue weighted by molar-refractivity contribution is 6.16. The number of amides is 2. The maximum Gasteiger partial charge on any atom is 0.405 e. The number of nitrogens with zero attached hydrogens (tertiary/aromatic N) is 2. The first kappa shape index (κ1) is 19.7. The summed E-state index contributed by atoms with van der Waals surface area (Å²) in [7, 11) is 0. The van der Waals surface area contributed by atoms with E-state index >= 15 is 0 Å². The molecule has 1 aromatic carbocycles. The van der Waals surface area contributed by atoms with Crippen LogP contribution in [0, 0.1) is 0 Å². The van der Waals surface area contributed by atoms with Crippen molar-refractivity contribution in [1.82, 2.24) is 4.98 Å². The van der Waals surface area contributed by atoms with Crippen LogP contribution in [-0.4, -0.2) is 35.6 Å². The van der Waals surface area contributed by atoms with E-state index in [2.05, 4.69) is 15.6 Å². The molecule has 0 fully saturated rings. The number of hydrogen-bond donors (Lipinski definition) is 2.